The summed E-state index contributed by atoms with van der Waals surface area (Å²) in [7, 11) is 0. The maximum Gasteiger partial charge on any atom is 0.122 e. The van der Waals surface area contributed by atoms with Crippen molar-refractivity contribution >= 4 is 0 Å². The van der Waals surface area contributed by atoms with E-state index in [1.807, 2.05) is 12.1 Å². The molecule has 0 spiro atoms. The average molecular weight is 249 g/mol. The van der Waals surface area contributed by atoms with E-state index >= 15 is 0 Å². The SMILES string of the molecule is Cc1cccc(OCC2COCC(C)(C)N2)c1C. The maximum absolute atomic E-state index is 5.91. The van der Waals surface area contributed by atoms with Gasteiger partial charge in [0.05, 0.1) is 19.3 Å². The highest BCUT2D eigenvalue weighted by Crippen LogP contribution is 2.21. The Morgan fingerprint density at radius 2 is 2.17 bits per heavy atom. The van der Waals surface area contributed by atoms with Gasteiger partial charge in [0.1, 0.15) is 12.4 Å². The Morgan fingerprint density at radius 3 is 2.89 bits per heavy atom. The molecule has 0 bridgehead atoms. The summed E-state index contributed by atoms with van der Waals surface area (Å²) in [6.07, 6.45) is 0. The zero-order chi connectivity index (χ0) is 13.2. The number of hydrogen-bond donors (Lipinski definition) is 1. The van der Waals surface area contributed by atoms with Crippen LogP contribution in [0.1, 0.15) is 25.0 Å². The molecular formula is C15H23NO2. The number of aryl methyl sites for hydroxylation is 1. The molecule has 1 saturated heterocycles. The Bertz CT molecular complexity index is 415. The Balaban J connectivity index is 1.93. The van der Waals surface area contributed by atoms with E-state index in [9.17, 15) is 0 Å². The normalized spacial score (nSPS) is 22.8. The van der Waals surface area contributed by atoms with E-state index in [1.54, 1.807) is 0 Å². The van der Waals surface area contributed by atoms with Crippen molar-refractivity contribution in [1.82, 2.24) is 5.32 Å². The van der Waals surface area contributed by atoms with Crippen LogP contribution in [0.2, 0.25) is 0 Å². The topological polar surface area (TPSA) is 30.5 Å². The Morgan fingerprint density at radius 1 is 1.39 bits per heavy atom. The number of hydrogen-bond acceptors (Lipinski definition) is 3. The standard InChI is InChI=1S/C15H23NO2/c1-11-6-5-7-14(12(11)2)18-9-13-8-17-10-15(3,4)16-13/h5-7,13,16H,8-10H2,1-4H3. The van der Waals surface area contributed by atoms with Crippen LogP contribution in [0.5, 0.6) is 5.75 Å². The van der Waals surface area contributed by atoms with Gasteiger partial charge < -0.3 is 14.8 Å². The van der Waals surface area contributed by atoms with E-state index < -0.39 is 0 Å². The molecule has 2 rings (SSSR count). The fourth-order valence-corrected chi connectivity index (χ4v) is 2.25. The first-order valence-corrected chi connectivity index (χ1v) is 6.52. The van der Waals surface area contributed by atoms with E-state index in [4.69, 9.17) is 9.47 Å². The van der Waals surface area contributed by atoms with Crippen LogP contribution in [0, 0.1) is 13.8 Å². The molecule has 1 atom stereocenters. The van der Waals surface area contributed by atoms with Gasteiger partial charge >= 0.3 is 0 Å². The van der Waals surface area contributed by atoms with Crippen molar-refractivity contribution in [3.8, 4) is 5.75 Å². The number of morpholine rings is 1. The fraction of sp³-hybridized carbons (Fsp3) is 0.600. The Labute approximate surface area is 109 Å². The predicted molar refractivity (Wildman–Crippen MR) is 73.2 cm³/mol. The molecule has 1 N–H and O–H groups in total. The molecule has 0 amide bonds. The summed E-state index contributed by atoms with van der Waals surface area (Å²) in [5.74, 6) is 0.972. The second-order valence-electron chi connectivity index (χ2n) is 5.75. The van der Waals surface area contributed by atoms with Gasteiger partial charge in [-0.1, -0.05) is 12.1 Å². The molecule has 1 heterocycles. The quantitative estimate of drug-likeness (QED) is 0.892. The van der Waals surface area contributed by atoms with Crippen LogP contribution in [-0.4, -0.2) is 31.4 Å². The smallest absolute Gasteiger partial charge is 0.122 e. The van der Waals surface area contributed by atoms with Crippen molar-refractivity contribution < 1.29 is 9.47 Å². The molecular weight excluding hydrogens is 226 g/mol. The molecule has 0 aliphatic carbocycles. The van der Waals surface area contributed by atoms with Crippen molar-refractivity contribution in [1.29, 1.82) is 0 Å². The van der Waals surface area contributed by atoms with Crippen LogP contribution < -0.4 is 10.1 Å². The largest absolute Gasteiger partial charge is 0.492 e. The summed E-state index contributed by atoms with van der Waals surface area (Å²) in [6, 6.07) is 6.42. The molecule has 3 nitrogen and oxygen atoms in total. The monoisotopic (exact) mass is 249 g/mol. The number of nitrogens with one attached hydrogen (secondary N) is 1. The van der Waals surface area contributed by atoms with Crippen LogP contribution >= 0.6 is 0 Å². The number of benzene rings is 1. The third-order valence-electron chi connectivity index (χ3n) is 3.37. The predicted octanol–water partition coefficient (Wildman–Crippen LogP) is 2.45. The van der Waals surface area contributed by atoms with Crippen molar-refractivity contribution in [2.24, 2.45) is 0 Å². The fourth-order valence-electron chi connectivity index (χ4n) is 2.25. The van der Waals surface area contributed by atoms with E-state index in [0.717, 1.165) is 12.4 Å². The van der Waals surface area contributed by atoms with Gasteiger partial charge in [0, 0.05) is 5.54 Å². The summed E-state index contributed by atoms with van der Waals surface area (Å²) in [4.78, 5) is 0. The minimum Gasteiger partial charge on any atom is -0.492 e. The summed E-state index contributed by atoms with van der Waals surface area (Å²) >= 11 is 0. The molecule has 0 radical (unpaired) electrons. The van der Waals surface area contributed by atoms with Crippen molar-refractivity contribution in [2.75, 3.05) is 19.8 Å². The second-order valence-corrected chi connectivity index (χ2v) is 5.75. The van der Waals surface area contributed by atoms with Gasteiger partial charge in [-0.15, -0.1) is 0 Å². The van der Waals surface area contributed by atoms with Gasteiger partial charge in [0.25, 0.3) is 0 Å². The molecule has 3 heteroatoms. The molecule has 100 valence electrons. The van der Waals surface area contributed by atoms with Gasteiger partial charge in [-0.25, -0.2) is 0 Å². The zero-order valence-corrected chi connectivity index (χ0v) is 11.7. The van der Waals surface area contributed by atoms with E-state index in [2.05, 4.69) is 39.1 Å². The summed E-state index contributed by atoms with van der Waals surface area (Å²) in [6.45, 7) is 10.6. The minimum atomic E-state index is 0.0356. The highest BCUT2D eigenvalue weighted by Gasteiger charge is 2.28. The van der Waals surface area contributed by atoms with E-state index in [1.165, 1.54) is 11.1 Å². The van der Waals surface area contributed by atoms with Crippen molar-refractivity contribution in [3.05, 3.63) is 29.3 Å². The van der Waals surface area contributed by atoms with Crippen molar-refractivity contribution in [3.63, 3.8) is 0 Å². The van der Waals surface area contributed by atoms with Gasteiger partial charge in [-0.3, -0.25) is 0 Å². The maximum atomic E-state index is 5.91. The Kier molecular flexibility index (Phi) is 3.93. The number of rotatable bonds is 3. The van der Waals surface area contributed by atoms with Crippen LogP contribution in [0.15, 0.2) is 18.2 Å². The molecule has 1 aromatic rings. The highest BCUT2D eigenvalue weighted by molar-refractivity contribution is 5.38. The average Bonchev–Trinajstić information content (AvgIpc) is 2.30. The van der Waals surface area contributed by atoms with Crippen LogP contribution in [0.25, 0.3) is 0 Å². The lowest BCUT2D eigenvalue weighted by Crippen LogP contribution is -2.57. The first kappa shape index (κ1) is 13.4. The third-order valence-corrected chi connectivity index (χ3v) is 3.37. The Hall–Kier alpha value is -1.06. The molecule has 1 aromatic carbocycles. The summed E-state index contributed by atoms with van der Waals surface area (Å²) < 4.78 is 11.5. The van der Waals surface area contributed by atoms with Gasteiger partial charge in [0.15, 0.2) is 0 Å². The number of ether oxygens (including phenoxy) is 2. The lowest BCUT2D eigenvalue weighted by atomic mass is 10.0. The molecule has 1 aliphatic heterocycles. The van der Waals surface area contributed by atoms with Crippen molar-refractivity contribution in [2.45, 2.75) is 39.3 Å². The highest BCUT2D eigenvalue weighted by atomic mass is 16.5. The molecule has 1 aliphatic rings. The zero-order valence-electron chi connectivity index (χ0n) is 11.7. The van der Waals surface area contributed by atoms with E-state index in [0.29, 0.717) is 13.2 Å². The third kappa shape index (κ3) is 3.24. The van der Waals surface area contributed by atoms with Crippen LogP contribution in [-0.2, 0) is 4.74 Å². The minimum absolute atomic E-state index is 0.0356. The lowest BCUT2D eigenvalue weighted by Gasteiger charge is -2.36. The lowest BCUT2D eigenvalue weighted by molar-refractivity contribution is 0.000880. The molecule has 1 fully saturated rings. The first-order valence-electron chi connectivity index (χ1n) is 6.52. The first-order chi connectivity index (χ1) is 8.48. The van der Waals surface area contributed by atoms with E-state index in [-0.39, 0.29) is 11.6 Å². The molecule has 18 heavy (non-hydrogen) atoms. The van der Waals surface area contributed by atoms with Gasteiger partial charge in [-0.2, -0.15) is 0 Å². The molecule has 0 aromatic heterocycles. The van der Waals surface area contributed by atoms with Gasteiger partial charge in [0.2, 0.25) is 0 Å². The van der Waals surface area contributed by atoms with Crippen LogP contribution in [0.3, 0.4) is 0 Å². The summed E-state index contributed by atoms with van der Waals surface area (Å²) in [5, 5.41) is 3.55. The molecule has 1 unspecified atom stereocenters. The second kappa shape index (κ2) is 5.29. The van der Waals surface area contributed by atoms with Crippen LogP contribution in [0.4, 0.5) is 0 Å². The van der Waals surface area contributed by atoms with Gasteiger partial charge in [-0.05, 0) is 44.9 Å². The summed E-state index contributed by atoms with van der Waals surface area (Å²) in [5.41, 5.74) is 2.52. The molecule has 0 saturated carbocycles.